The molecule has 0 fully saturated rings. The van der Waals surface area contributed by atoms with Gasteiger partial charge in [0.25, 0.3) is 0 Å². The highest BCUT2D eigenvalue weighted by atomic mass is 14.5. The second kappa shape index (κ2) is 13.7. The number of fused-ring (bicyclic) bond motifs is 19. The van der Waals surface area contributed by atoms with Crippen molar-refractivity contribution in [1.82, 2.24) is 0 Å². The van der Waals surface area contributed by atoms with E-state index in [1.807, 2.05) is 0 Å². The zero-order valence-electron chi connectivity index (χ0n) is 36.6. The summed E-state index contributed by atoms with van der Waals surface area (Å²) < 4.78 is 0. The Kier molecular flexibility index (Phi) is 7.52. The fourth-order valence-corrected chi connectivity index (χ4v) is 12.8. The molecular weight excluding hydrogens is 805 g/mol. The van der Waals surface area contributed by atoms with E-state index in [4.69, 9.17) is 0 Å². The van der Waals surface area contributed by atoms with Crippen LogP contribution in [0.1, 0.15) is 22.3 Å². The van der Waals surface area contributed by atoms with E-state index in [2.05, 4.69) is 243 Å². The highest BCUT2D eigenvalue weighted by Crippen LogP contribution is 2.65. The monoisotopic (exact) mass is 844 g/mol. The smallest absolute Gasteiger partial charge is 0.0619 e. The maximum absolute atomic E-state index is 2.43. The molecule has 0 unspecified atom stereocenters. The van der Waals surface area contributed by atoms with Gasteiger partial charge in [0, 0.05) is 0 Å². The van der Waals surface area contributed by atoms with Crippen LogP contribution in [0, 0.1) is 0 Å². The predicted molar refractivity (Wildman–Crippen MR) is 284 cm³/mol. The fourth-order valence-electron chi connectivity index (χ4n) is 12.8. The number of benzene rings is 13. The summed E-state index contributed by atoms with van der Waals surface area (Å²) in [5.41, 5.74) is 17.9. The minimum atomic E-state index is -0.451. The zero-order chi connectivity index (χ0) is 43.8. The minimum absolute atomic E-state index is 0.451. The minimum Gasteiger partial charge on any atom is -0.0619 e. The molecule has 13 aromatic carbocycles. The van der Waals surface area contributed by atoms with Crippen molar-refractivity contribution < 1.29 is 0 Å². The van der Waals surface area contributed by atoms with Crippen molar-refractivity contribution in [2.24, 2.45) is 0 Å². The van der Waals surface area contributed by atoms with E-state index in [9.17, 15) is 0 Å². The van der Waals surface area contributed by atoms with Crippen LogP contribution in [-0.2, 0) is 5.41 Å². The summed E-state index contributed by atoms with van der Waals surface area (Å²) in [6.07, 6.45) is 0. The van der Waals surface area contributed by atoms with Crippen LogP contribution >= 0.6 is 0 Å². The lowest BCUT2D eigenvalue weighted by atomic mass is 9.68. The molecule has 0 N–H and O–H groups in total. The first-order valence-electron chi connectivity index (χ1n) is 23.5. The molecule has 0 aromatic heterocycles. The Morgan fingerprint density at radius 1 is 0.209 bits per heavy atom. The highest BCUT2D eigenvalue weighted by molar-refractivity contribution is 6.26. The molecule has 0 aliphatic heterocycles. The zero-order valence-corrected chi connectivity index (χ0v) is 36.6. The predicted octanol–water partition coefficient (Wildman–Crippen LogP) is 18.0. The van der Waals surface area contributed by atoms with E-state index in [0.717, 1.165) is 0 Å². The molecule has 1 spiro atoms. The normalized spacial score (nSPS) is 13.2. The van der Waals surface area contributed by atoms with E-state index < -0.39 is 5.41 Å². The van der Waals surface area contributed by atoms with E-state index in [1.54, 1.807) is 0 Å². The molecule has 0 heteroatoms. The van der Waals surface area contributed by atoms with Gasteiger partial charge in [0.2, 0.25) is 0 Å². The number of hydrogen-bond acceptors (Lipinski definition) is 0. The van der Waals surface area contributed by atoms with Crippen LogP contribution in [0.3, 0.4) is 0 Å². The van der Waals surface area contributed by atoms with Gasteiger partial charge in [-0.1, -0.05) is 224 Å². The van der Waals surface area contributed by atoms with Crippen LogP contribution in [0.2, 0.25) is 0 Å². The van der Waals surface area contributed by atoms with Crippen molar-refractivity contribution in [2.45, 2.75) is 5.41 Å². The van der Waals surface area contributed by atoms with Gasteiger partial charge in [0.15, 0.2) is 0 Å². The molecule has 0 atom stereocenters. The lowest BCUT2D eigenvalue weighted by molar-refractivity contribution is 0.809. The van der Waals surface area contributed by atoms with Gasteiger partial charge in [-0.15, -0.1) is 0 Å². The Morgan fingerprint density at radius 2 is 0.672 bits per heavy atom. The van der Waals surface area contributed by atoms with Crippen LogP contribution in [0.4, 0.5) is 0 Å². The molecule has 15 rings (SSSR count). The third kappa shape index (κ3) is 4.92. The summed E-state index contributed by atoms with van der Waals surface area (Å²) in [6, 6.07) is 91.4. The van der Waals surface area contributed by atoms with Gasteiger partial charge in [-0.05, 0) is 161 Å². The molecule has 0 heterocycles. The summed E-state index contributed by atoms with van der Waals surface area (Å²) in [6.45, 7) is 0. The summed E-state index contributed by atoms with van der Waals surface area (Å²) in [7, 11) is 0. The maximum Gasteiger partial charge on any atom is 0.0737 e. The lowest BCUT2D eigenvalue weighted by Crippen LogP contribution is -2.26. The second-order valence-corrected chi connectivity index (χ2v) is 18.6. The largest absolute Gasteiger partial charge is 0.0737 e. The van der Waals surface area contributed by atoms with Crippen LogP contribution in [-0.4, -0.2) is 0 Å². The lowest BCUT2D eigenvalue weighted by Gasteiger charge is -2.32. The van der Waals surface area contributed by atoms with Crippen LogP contribution < -0.4 is 0 Å². The molecule has 0 radical (unpaired) electrons. The van der Waals surface area contributed by atoms with Gasteiger partial charge in [0.1, 0.15) is 0 Å². The Bertz CT molecular complexity index is 4180. The molecule has 0 saturated heterocycles. The average molecular weight is 845 g/mol. The van der Waals surface area contributed by atoms with Crippen molar-refractivity contribution in [2.75, 3.05) is 0 Å². The Balaban J connectivity index is 0.937. The van der Waals surface area contributed by atoms with E-state index in [0.29, 0.717) is 0 Å². The van der Waals surface area contributed by atoms with Crippen molar-refractivity contribution in [3.63, 3.8) is 0 Å². The van der Waals surface area contributed by atoms with Gasteiger partial charge in [0.05, 0.1) is 5.41 Å². The Morgan fingerprint density at radius 3 is 1.34 bits per heavy atom. The average Bonchev–Trinajstić information content (AvgIpc) is 3.87. The molecule has 67 heavy (non-hydrogen) atoms. The van der Waals surface area contributed by atoms with E-state index in [-0.39, 0.29) is 0 Å². The first kappa shape index (κ1) is 36.7. The third-order valence-electron chi connectivity index (χ3n) is 15.4. The quantitative estimate of drug-likeness (QED) is 0.123. The van der Waals surface area contributed by atoms with Gasteiger partial charge in [-0.25, -0.2) is 0 Å². The van der Waals surface area contributed by atoms with E-state index >= 15 is 0 Å². The van der Waals surface area contributed by atoms with Crippen molar-refractivity contribution in [3.8, 4) is 55.6 Å². The first-order chi connectivity index (χ1) is 33.3. The Hall–Kier alpha value is -8.58. The van der Waals surface area contributed by atoms with Crippen molar-refractivity contribution in [3.05, 3.63) is 265 Å². The molecule has 0 amide bonds. The van der Waals surface area contributed by atoms with Gasteiger partial charge < -0.3 is 0 Å². The topological polar surface area (TPSA) is 0 Å². The van der Waals surface area contributed by atoms with Gasteiger partial charge in [-0.2, -0.15) is 0 Å². The van der Waals surface area contributed by atoms with Crippen molar-refractivity contribution in [1.29, 1.82) is 0 Å². The fraction of sp³-hybridized carbons (Fsp3) is 0.0149. The number of hydrogen-bond donors (Lipinski definition) is 0. The standard InChI is InChI=1S/C67H40/c1-4-21-48-41(16-1)32-36-58-59-37-34-45-38-43(33-35-49(45)66(59)67(65(48)58)61-30-13-11-24-52(61)53-25-12-14-31-62(53)67)42-18-15-19-46(39-42)63-54-26-7-9-28-56(54)64(57-29-10-8-27-55(57)63)60-40-44-17-2-3-20-47(44)50-22-5-6-23-51(50)60/h1-40H. The van der Waals surface area contributed by atoms with E-state index in [1.165, 1.54) is 143 Å². The van der Waals surface area contributed by atoms with Crippen LogP contribution in [0.15, 0.2) is 243 Å². The maximum atomic E-state index is 2.43. The molecule has 13 aromatic rings. The molecule has 308 valence electrons. The summed E-state index contributed by atoms with van der Waals surface area (Å²) in [5.74, 6) is 0. The SMILES string of the molecule is c1cc(-c2ccc3c4c(ccc3c2)-c2ccc3ccccc3c2C42c3ccccc3-c3ccccc32)cc(-c2c3ccccc3c(-c3cc4ccccc4c4ccccc34)c3ccccc23)c1. The van der Waals surface area contributed by atoms with Gasteiger partial charge in [-0.3, -0.25) is 0 Å². The highest BCUT2D eigenvalue weighted by Gasteiger charge is 2.53. The number of rotatable bonds is 3. The summed E-state index contributed by atoms with van der Waals surface area (Å²) in [4.78, 5) is 0. The molecule has 2 aliphatic rings. The second-order valence-electron chi connectivity index (χ2n) is 18.6. The summed E-state index contributed by atoms with van der Waals surface area (Å²) >= 11 is 0. The molecule has 0 nitrogen and oxygen atoms in total. The molecule has 2 aliphatic carbocycles. The van der Waals surface area contributed by atoms with Crippen LogP contribution in [0.5, 0.6) is 0 Å². The Labute approximate surface area is 388 Å². The third-order valence-corrected chi connectivity index (χ3v) is 15.4. The molecule has 0 bridgehead atoms. The van der Waals surface area contributed by atoms with Gasteiger partial charge >= 0.3 is 0 Å². The molecular formula is C67H40. The van der Waals surface area contributed by atoms with Crippen LogP contribution in [0.25, 0.3) is 120 Å². The van der Waals surface area contributed by atoms with Crippen molar-refractivity contribution >= 4 is 64.6 Å². The molecule has 0 saturated carbocycles. The first-order valence-corrected chi connectivity index (χ1v) is 23.5. The summed E-state index contributed by atoms with van der Waals surface area (Å²) in [5, 5.41) is 15.3.